The molecule has 0 aliphatic carbocycles. The first kappa shape index (κ1) is 31.5. The van der Waals surface area contributed by atoms with Crippen LogP contribution >= 0.6 is 0 Å². The number of aliphatic hydroxyl groups is 1. The smallest absolute Gasteiger partial charge is 0.236 e. The standard InChI is InChI=1S/C22H31N5.C7H14N4O/c1-4-12-27(13-5-2)21-9-6-18(7-10-21)22-11-8-20(24-25-22)16-26-14-19(15-26)17(3)23;1-4-10-7(8)11(9-3)6(2)5-12/h6-11,19H,3-5,12-16,23H2,1-2H3;4-5,8-9,12H,1-3H3/b;6-5+,8-7?,10-4+. The summed E-state index contributed by atoms with van der Waals surface area (Å²) in [5.74, 6) is 0.457. The lowest BCUT2D eigenvalue weighted by Crippen LogP contribution is -2.48. The van der Waals surface area contributed by atoms with Gasteiger partial charge in [-0.2, -0.15) is 10.2 Å². The highest BCUT2D eigenvalue weighted by atomic mass is 16.2. The summed E-state index contributed by atoms with van der Waals surface area (Å²) in [4.78, 5) is 8.49. The van der Waals surface area contributed by atoms with Gasteiger partial charge in [0.2, 0.25) is 5.96 Å². The number of nitrogens with one attached hydrogen (secondary N) is 2. The fourth-order valence-electron chi connectivity index (χ4n) is 4.20. The van der Waals surface area contributed by atoms with Crippen molar-refractivity contribution in [2.75, 3.05) is 38.1 Å². The molecule has 1 aliphatic heterocycles. The van der Waals surface area contributed by atoms with Crippen molar-refractivity contribution in [2.45, 2.75) is 47.1 Å². The number of aromatic nitrogens is 2. The van der Waals surface area contributed by atoms with E-state index in [4.69, 9.17) is 16.2 Å². The summed E-state index contributed by atoms with van der Waals surface area (Å²) >= 11 is 0. The Kier molecular flexibility index (Phi) is 13.1. The Labute approximate surface area is 233 Å². The third kappa shape index (κ3) is 9.49. The van der Waals surface area contributed by atoms with Crippen LogP contribution in [0.3, 0.4) is 0 Å². The number of hydrogen-bond donors (Lipinski definition) is 4. The largest absolute Gasteiger partial charge is 0.514 e. The van der Waals surface area contributed by atoms with Crippen molar-refractivity contribution in [3.05, 3.63) is 66.3 Å². The lowest BCUT2D eigenvalue weighted by molar-refractivity contribution is 0.112. The Morgan fingerprint density at radius 2 is 1.82 bits per heavy atom. The Balaban J connectivity index is 0.000000377. The number of guanidine groups is 1. The minimum atomic E-state index is 0.0304. The van der Waals surface area contributed by atoms with Gasteiger partial charge in [-0.15, -0.1) is 0 Å². The number of nitrogens with two attached hydrogens (primary N) is 1. The van der Waals surface area contributed by atoms with Crippen molar-refractivity contribution in [2.24, 2.45) is 16.6 Å². The monoisotopic (exact) mass is 535 g/mol. The Hall–Kier alpha value is -3.76. The first-order valence-electron chi connectivity index (χ1n) is 13.5. The first-order valence-corrected chi connectivity index (χ1v) is 13.5. The van der Waals surface area contributed by atoms with Crippen LogP contribution in [0.2, 0.25) is 0 Å². The maximum absolute atomic E-state index is 8.66. The molecule has 0 bridgehead atoms. The molecule has 3 rings (SSSR count). The first-order chi connectivity index (χ1) is 18.8. The SMILES string of the molecule is C/C=N/C(=N)N(NC)/C(C)=C/O.C=C(N)C1CN(Cc2ccc(-c3ccc(N(CCC)CCC)cc3)nn2)C1. The lowest BCUT2D eigenvalue weighted by atomic mass is 9.97. The predicted molar refractivity (Wildman–Crippen MR) is 162 cm³/mol. The van der Waals surface area contributed by atoms with Gasteiger partial charge >= 0.3 is 0 Å². The number of likely N-dealkylation sites (tertiary alicyclic amines) is 1. The number of anilines is 1. The van der Waals surface area contributed by atoms with Gasteiger partial charge in [-0.05, 0) is 51.0 Å². The van der Waals surface area contributed by atoms with Crippen LogP contribution in [0, 0.1) is 11.3 Å². The maximum atomic E-state index is 8.66. The fraction of sp³-hybridized carbons (Fsp3) is 0.448. The van der Waals surface area contributed by atoms with Crippen LogP contribution in [0.25, 0.3) is 11.3 Å². The third-order valence-electron chi connectivity index (χ3n) is 6.33. The van der Waals surface area contributed by atoms with Gasteiger partial charge in [0.05, 0.1) is 23.3 Å². The van der Waals surface area contributed by atoms with Crippen molar-refractivity contribution in [1.82, 2.24) is 25.5 Å². The molecular weight excluding hydrogens is 490 g/mol. The predicted octanol–water partition coefficient (Wildman–Crippen LogP) is 4.54. The Morgan fingerprint density at radius 1 is 1.18 bits per heavy atom. The Morgan fingerprint density at radius 3 is 2.28 bits per heavy atom. The topological polar surface area (TPSA) is 130 Å². The number of aliphatic hydroxyl groups excluding tert-OH is 1. The van der Waals surface area contributed by atoms with Crippen molar-refractivity contribution < 1.29 is 5.11 Å². The van der Waals surface area contributed by atoms with Gasteiger partial charge in [-0.1, -0.05) is 32.6 Å². The summed E-state index contributed by atoms with van der Waals surface area (Å²) in [5.41, 5.74) is 14.0. The number of hydrazine groups is 1. The second-order valence-electron chi connectivity index (χ2n) is 9.45. The minimum Gasteiger partial charge on any atom is -0.514 e. The molecule has 212 valence electrons. The molecule has 0 spiro atoms. The van der Waals surface area contributed by atoms with Crippen LogP contribution in [0.1, 0.15) is 46.2 Å². The van der Waals surface area contributed by atoms with E-state index in [0.29, 0.717) is 11.6 Å². The van der Waals surface area contributed by atoms with Crippen LogP contribution in [0.5, 0.6) is 0 Å². The molecule has 10 heteroatoms. The number of aliphatic imine (C=N–C) groups is 1. The number of benzene rings is 1. The molecule has 1 fully saturated rings. The maximum Gasteiger partial charge on any atom is 0.236 e. The highest BCUT2D eigenvalue weighted by molar-refractivity contribution is 5.85. The number of hydrogen-bond acceptors (Lipinski definition) is 8. The van der Waals surface area contributed by atoms with Crippen molar-refractivity contribution in [3.63, 3.8) is 0 Å². The highest BCUT2D eigenvalue weighted by Crippen LogP contribution is 2.24. The molecule has 5 N–H and O–H groups in total. The van der Waals surface area contributed by atoms with E-state index in [9.17, 15) is 0 Å². The zero-order chi connectivity index (χ0) is 28.8. The second kappa shape index (κ2) is 16.3. The van der Waals surface area contributed by atoms with E-state index in [0.717, 1.165) is 74.5 Å². The molecular formula is C29H45N9O. The van der Waals surface area contributed by atoms with Crippen LogP contribution < -0.4 is 16.1 Å². The third-order valence-corrected chi connectivity index (χ3v) is 6.33. The van der Waals surface area contributed by atoms with Crippen molar-refractivity contribution in [1.29, 1.82) is 5.41 Å². The fourth-order valence-corrected chi connectivity index (χ4v) is 4.20. The average molecular weight is 536 g/mol. The summed E-state index contributed by atoms with van der Waals surface area (Å²) in [6.07, 6.45) is 4.74. The van der Waals surface area contributed by atoms with Crippen LogP contribution in [-0.2, 0) is 6.54 Å². The molecule has 1 aromatic heterocycles. The molecule has 1 aromatic carbocycles. The number of rotatable bonds is 11. The van der Waals surface area contributed by atoms with Gasteiger partial charge in [0.1, 0.15) is 0 Å². The lowest BCUT2D eigenvalue weighted by Gasteiger charge is -2.38. The van der Waals surface area contributed by atoms with E-state index in [1.807, 2.05) is 0 Å². The van der Waals surface area contributed by atoms with E-state index >= 15 is 0 Å². The van der Waals surface area contributed by atoms with E-state index in [2.05, 4.69) is 87.2 Å². The molecule has 0 unspecified atom stereocenters. The molecule has 2 heterocycles. The molecule has 0 atom stereocenters. The van der Waals surface area contributed by atoms with E-state index in [1.54, 1.807) is 20.9 Å². The van der Waals surface area contributed by atoms with Gasteiger partial charge in [0.15, 0.2) is 0 Å². The summed E-state index contributed by atoms with van der Waals surface area (Å²) in [7, 11) is 1.65. The molecule has 39 heavy (non-hydrogen) atoms. The van der Waals surface area contributed by atoms with E-state index in [1.165, 1.54) is 16.9 Å². The number of nitrogens with zero attached hydrogens (tertiary/aromatic N) is 6. The summed E-state index contributed by atoms with van der Waals surface area (Å²) < 4.78 is 0. The molecule has 0 radical (unpaired) electrons. The quantitative estimate of drug-likeness (QED) is 0.143. The van der Waals surface area contributed by atoms with Crippen LogP contribution in [0.15, 0.2) is 65.6 Å². The van der Waals surface area contributed by atoms with Crippen LogP contribution in [-0.4, -0.2) is 70.6 Å². The molecule has 1 aliphatic rings. The molecule has 1 saturated heterocycles. The zero-order valence-electron chi connectivity index (χ0n) is 24.1. The van der Waals surface area contributed by atoms with Crippen LogP contribution in [0.4, 0.5) is 5.69 Å². The molecule has 0 saturated carbocycles. The highest BCUT2D eigenvalue weighted by Gasteiger charge is 2.27. The Bertz CT molecular complexity index is 1080. The van der Waals surface area contributed by atoms with E-state index in [-0.39, 0.29) is 5.96 Å². The molecule has 2 aromatic rings. The summed E-state index contributed by atoms with van der Waals surface area (Å²) in [6.45, 7) is 16.6. The van der Waals surface area contributed by atoms with Gasteiger partial charge in [-0.3, -0.25) is 10.3 Å². The van der Waals surface area contributed by atoms with Gasteiger partial charge in [-0.25, -0.2) is 15.4 Å². The zero-order valence-corrected chi connectivity index (χ0v) is 24.1. The average Bonchev–Trinajstić information content (AvgIpc) is 2.91. The van der Waals surface area contributed by atoms with E-state index < -0.39 is 0 Å². The van der Waals surface area contributed by atoms with Gasteiger partial charge < -0.3 is 15.7 Å². The number of allylic oxidation sites excluding steroid dienone is 1. The molecule has 10 nitrogen and oxygen atoms in total. The molecule has 0 amide bonds. The normalized spacial score (nSPS) is 13.9. The summed E-state index contributed by atoms with van der Waals surface area (Å²) in [5, 5.41) is 26.2. The second-order valence-corrected chi connectivity index (χ2v) is 9.45. The minimum absolute atomic E-state index is 0.0304. The van der Waals surface area contributed by atoms with Gasteiger partial charge in [0.25, 0.3) is 0 Å². The van der Waals surface area contributed by atoms with Crippen molar-refractivity contribution in [3.8, 4) is 11.3 Å². The summed E-state index contributed by atoms with van der Waals surface area (Å²) in [6, 6.07) is 12.8. The van der Waals surface area contributed by atoms with Gasteiger partial charge in [0, 0.05) is 68.9 Å². The van der Waals surface area contributed by atoms with Crippen molar-refractivity contribution >= 4 is 17.9 Å².